The van der Waals surface area contributed by atoms with Crippen molar-refractivity contribution in [2.75, 3.05) is 46.5 Å². The lowest BCUT2D eigenvalue weighted by Gasteiger charge is -2.35. The van der Waals surface area contributed by atoms with Crippen LogP contribution in [0.2, 0.25) is 0 Å². The molecule has 1 aliphatic rings. The van der Waals surface area contributed by atoms with Gasteiger partial charge in [-0.05, 0) is 40.2 Å². The SMILES string of the molecule is CCOC(=O)ON1CCN(C(=O)[C@H](CCC(=O)OC(C)(C)C)NC(=O)c2cc(CCOC)nc(-c3ccccc3)n2)CC1. The van der Waals surface area contributed by atoms with Gasteiger partial charge in [-0.1, -0.05) is 30.3 Å². The van der Waals surface area contributed by atoms with E-state index in [0.717, 1.165) is 5.56 Å². The number of benzene rings is 1. The van der Waals surface area contributed by atoms with Crippen LogP contribution in [-0.4, -0.2) is 102 Å². The lowest BCUT2D eigenvalue weighted by molar-refractivity contribution is -0.158. The molecule has 1 aromatic carbocycles. The van der Waals surface area contributed by atoms with Crippen LogP contribution < -0.4 is 5.32 Å². The number of hydroxylamine groups is 2. The first kappa shape index (κ1) is 33.4. The van der Waals surface area contributed by atoms with Gasteiger partial charge in [0.1, 0.15) is 17.3 Å². The Bertz CT molecular complexity index is 1240. The Kier molecular flexibility index (Phi) is 12.4. The zero-order valence-electron chi connectivity index (χ0n) is 25.5. The molecule has 2 heterocycles. The molecule has 0 bridgehead atoms. The maximum absolute atomic E-state index is 13.6. The van der Waals surface area contributed by atoms with Gasteiger partial charge in [0.15, 0.2) is 5.82 Å². The molecule has 1 aliphatic heterocycles. The number of carbonyl (C=O) groups is 4. The van der Waals surface area contributed by atoms with Gasteiger partial charge in [-0.2, -0.15) is 0 Å². The van der Waals surface area contributed by atoms with Gasteiger partial charge in [0.2, 0.25) is 5.91 Å². The van der Waals surface area contributed by atoms with Crippen LogP contribution >= 0.6 is 0 Å². The van der Waals surface area contributed by atoms with Crippen LogP contribution in [0.15, 0.2) is 36.4 Å². The number of piperazine rings is 1. The van der Waals surface area contributed by atoms with Gasteiger partial charge in [0.05, 0.1) is 26.3 Å². The van der Waals surface area contributed by atoms with E-state index < -0.39 is 29.7 Å². The summed E-state index contributed by atoms with van der Waals surface area (Å²) in [7, 11) is 1.58. The molecule has 1 aromatic heterocycles. The number of ether oxygens (including phenoxy) is 3. The van der Waals surface area contributed by atoms with Crippen LogP contribution in [0.3, 0.4) is 0 Å². The molecule has 43 heavy (non-hydrogen) atoms. The van der Waals surface area contributed by atoms with Crippen molar-refractivity contribution < 1.29 is 38.2 Å². The third-order valence-electron chi connectivity index (χ3n) is 6.28. The zero-order valence-corrected chi connectivity index (χ0v) is 25.5. The van der Waals surface area contributed by atoms with Crippen molar-refractivity contribution in [3.8, 4) is 11.4 Å². The number of carbonyl (C=O) groups excluding carboxylic acids is 4. The molecule has 1 atom stereocenters. The predicted octanol–water partition coefficient (Wildman–Crippen LogP) is 2.79. The Morgan fingerprint density at radius 2 is 1.72 bits per heavy atom. The van der Waals surface area contributed by atoms with E-state index in [1.807, 2.05) is 30.3 Å². The van der Waals surface area contributed by atoms with Gasteiger partial charge in [-0.15, -0.1) is 5.06 Å². The summed E-state index contributed by atoms with van der Waals surface area (Å²) in [6.07, 6.45) is -0.419. The van der Waals surface area contributed by atoms with Crippen molar-refractivity contribution >= 4 is 23.9 Å². The topological polar surface area (TPSA) is 149 Å². The minimum atomic E-state index is -1.03. The summed E-state index contributed by atoms with van der Waals surface area (Å²) < 4.78 is 15.4. The number of hydrogen-bond donors (Lipinski definition) is 1. The molecule has 13 heteroatoms. The first-order chi connectivity index (χ1) is 20.5. The zero-order chi connectivity index (χ0) is 31.4. The molecule has 2 amide bonds. The molecule has 1 saturated heterocycles. The number of nitrogens with one attached hydrogen (secondary N) is 1. The summed E-state index contributed by atoms with van der Waals surface area (Å²) in [5.41, 5.74) is 0.733. The van der Waals surface area contributed by atoms with Crippen LogP contribution in [0.5, 0.6) is 0 Å². The molecule has 1 N–H and O–H groups in total. The second kappa shape index (κ2) is 15.9. The van der Waals surface area contributed by atoms with E-state index in [1.165, 1.54) is 5.06 Å². The molecular formula is C30H41N5O8. The third-order valence-corrected chi connectivity index (χ3v) is 6.28. The fraction of sp³-hybridized carbons (Fsp3) is 0.533. The van der Waals surface area contributed by atoms with Crippen molar-refractivity contribution in [2.24, 2.45) is 0 Å². The minimum absolute atomic E-state index is 0.0200. The van der Waals surface area contributed by atoms with Gasteiger partial charge in [0.25, 0.3) is 5.91 Å². The number of amides is 2. The van der Waals surface area contributed by atoms with E-state index >= 15 is 0 Å². The van der Waals surface area contributed by atoms with Crippen molar-refractivity contribution in [3.05, 3.63) is 47.8 Å². The smallest absolute Gasteiger partial charge is 0.460 e. The average Bonchev–Trinajstić information content (AvgIpc) is 2.97. The van der Waals surface area contributed by atoms with Crippen molar-refractivity contribution in [2.45, 2.75) is 58.6 Å². The Hall–Kier alpha value is -4.10. The lowest BCUT2D eigenvalue weighted by atomic mass is 10.1. The molecule has 2 aromatic rings. The van der Waals surface area contributed by atoms with Crippen molar-refractivity contribution in [1.29, 1.82) is 0 Å². The normalized spacial score (nSPS) is 14.5. The Labute approximate surface area is 251 Å². The summed E-state index contributed by atoms with van der Waals surface area (Å²) in [5.74, 6) is -1.06. The maximum Gasteiger partial charge on any atom is 0.527 e. The third kappa shape index (κ3) is 10.9. The van der Waals surface area contributed by atoms with Crippen LogP contribution in [0.4, 0.5) is 4.79 Å². The van der Waals surface area contributed by atoms with Crippen molar-refractivity contribution in [1.82, 2.24) is 25.2 Å². The molecule has 0 radical (unpaired) electrons. The quantitative estimate of drug-likeness (QED) is 0.359. The average molecular weight is 600 g/mol. The van der Waals surface area contributed by atoms with Crippen LogP contribution in [-0.2, 0) is 35.1 Å². The van der Waals surface area contributed by atoms with E-state index in [9.17, 15) is 19.2 Å². The van der Waals surface area contributed by atoms with E-state index in [-0.39, 0.29) is 57.2 Å². The van der Waals surface area contributed by atoms with Crippen molar-refractivity contribution in [3.63, 3.8) is 0 Å². The second-order valence-electron chi connectivity index (χ2n) is 10.9. The highest BCUT2D eigenvalue weighted by Crippen LogP contribution is 2.17. The molecule has 0 spiro atoms. The highest BCUT2D eigenvalue weighted by atomic mass is 16.8. The van der Waals surface area contributed by atoms with Gasteiger partial charge in [0, 0.05) is 44.3 Å². The molecule has 0 unspecified atom stereocenters. The molecule has 0 aliphatic carbocycles. The molecule has 1 fully saturated rings. The molecule has 0 saturated carbocycles. The maximum atomic E-state index is 13.6. The van der Waals surface area contributed by atoms with E-state index in [0.29, 0.717) is 24.5 Å². The van der Waals surface area contributed by atoms with Gasteiger partial charge < -0.3 is 29.3 Å². The lowest BCUT2D eigenvalue weighted by Crippen LogP contribution is -2.55. The molecule has 3 rings (SSSR count). The van der Waals surface area contributed by atoms with Crippen LogP contribution in [0.25, 0.3) is 11.4 Å². The standard InChI is InChI=1S/C30H41N5O8/c1-6-41-29(39)43-35-17-15-34(16-18-35)28(38)23(12-13-25(36)42-30(2,3)4)33-27(37)24-20-22(14-19-40-5)31-26(32-24)21-10-8-7-9-11-21/h7-11,20,23H,6,12-19H2,1-5H3,(H,33,37)/t23-/m0/s1. The Balaban J connectivity index is 1.79. The van der Waals surface area contributed by atoms with Crippen LogP contribution in [0, 0.1) is 0 Å². The van der Waals surface area contributed by atoms with Gasteiger partial charge in [-0.25, -0.2) is 14.8 Å². The van der Waals surface area contributed by atoms with E-state index in [1.54, 1.807) is 45.8 Å². The minimum Gasteiger partial charge on any atom is -0.460 e. The summed E-state index contributed by atoms with van der Waals surface area (Å²) in [6.45, 7) is 8.52. The summed E-state index contributed by atoms with van der Waals surface area (Å²) in [6, 6.07) is 9.80. The fourth-order valence-corrected chi connectivity index (χ4v) is 4.28. The monoisotopic (exact) mass is 599 g/mol. The highest BCUT2D eigenvalue weighted by Gasteiger charge is 2.31. The number of methoxy groups -OCH3 is 1. The second-order valence-corrected chi connectivity index (χ2v) is 10.9. The van der Waals surface area contributed by atoms with Crippen LogP contribution in [0.1, 0.15) is 56.7 Å². The summed E-state index contributed by atoms with van der Waals surface area (Å²) in [5, 5.41) is 4.21. The van der Waals surface area contributed by atoms with Gasteiger partial charge >= 0.3 is 12.1 Å². The first-order valence-electron chi connectivity index (χ1n) is 14.3. The number of aromatic nitrogens is 2. The largest absolute Gasteiger partial charge is 0.527 e. The summed E-state index contributed by atoms with van der Waals surface area (Å²) >= 11 is 0. The summed E-state index contributed by atoms with van der Waals surface area (Å²) in [4.78, 5) is 67.1. The molecule has 13 nitrogen and oxygen atoms in total. The number of nitrogens with zero attached hydrogens (tertiary/aromatic N) is 4. The van der Waals surface area contributed by atoms with E-state index in [2.05, 4.69) is 15.3 Å². The van der Waals surface area contributed by atoms with E-state index in [4.69, 9.17) is 19.0 Å². The highest BCUT2D eigenvalue weighted by molar-refractivity contribution is 5.96. The number of rotatable bonds is 12. The number of esters is 1. The fourth-order valence-electron chi connectivity index (χ4n) is 4.28. The molecule has 234 valence electrons. The number of hydrogen-bond acceptors (Lipinski definition) is 11. The predicted molar refractivity (Wildman–Crippen MR) is 156 cm³/mol. The molecular weight excluding hydrogens is 558 g/mol. The first-order valence-corrected chi connectivity index (χ1v) is 14.3. The van der Waals surface area contributed by atoms with Gasteiger partial charge in [-0.3, -0.25) is 14.4 Å². The Morgan fingerprint density at radius 1 is 1.02 bits per heavy atom. The Morgan fingerprint density at radius 3 is 2.35 bits per heavy atom.